The van der Waals surface area contributed by atoms with Crippen LogP contribution in [0.25, 0.3) is 0 Å². The Kier molecular flexibility index (Phi) is 10.5. The normalized spacial score (nSPS) is 13.1. The summed E-state index contributed by atoms with van der Waals surface area (Å²) in [6.45, 7) is 8.81. The summed E-state index contributed by atoms with van der Waals surface area (Å²) in [6, 6.07) is 11.8. The number of methoxy groups -OCH3 is 1. The molecule has 0 aliphatic rings. The molecule has 2 atom stereocenters. The monoisotopic (exact) mass is 532 g/mol. The second kappa shape index (κ2) is 12.9. The molecule has 2 aromatic rings. The molecule has 0 heterocycles. The number of carbonyl (C=O) groups is 2. The van der Waals surface area contributed by atoms with Gasteiger partial charge in [-0.25, -0.2) is 4.31 Å². The van der Waals surface area contributed by atoms with E-state index in [4.69, 9.17) is 4.74 Å². The van der Waals surface area contributed by atoms with Crippen molar-refractivity contribution in [2.75, 3.05) is 32.1 Å². The van der Waals surface area contributed by atoms with E-state index >= 15 is 0 Å². The van der Waals surface area contributed by atoms with Crippen molar-refractivity contribution in [3.63, 3.8) is 0 Å². The van der Waals surface area contributed by atoms with Crippen LogP contribution in [0.1, 0.15) is 43.9 Å². The Morgan fingerprint density at radius 1 is 1.05 bits per heavy atom. The molecule has 9 nitrogen and oxygen atoms in total. The van der Waals surface area contributed by atoms with E-state index in [-0.39, 0.29) is 18.5 Å². The number of rotatable bonds is 12. The maximum Gasteiger partial charge on any atom is 0.304 e. The molecule has 2 amide bonds. The number of aryl methyl sites for hydroxylation is 2. The molecule has 37 heavy (non-hydrogen) atoms. The zero-order chi connectivity index (χ0) is 27.9. The molecule has 2 aromatic carbocycles. The molecule has 1 N–H and O–H groups in total. The maximum atomic E-state index is 13.8. The summed E-state index contributed by atoms with van der Waals surface area (Å²) >= 11 is 0. The van der Waals surface area contributed by atoms with Gasteiger partial charge < -0.3 is 15.0 Å². The second-order valence-corrected chi connectivity index (χ2v) is 11.5. The summed E-state index contributed by atoms with van der Waals surface area (Å²) < 4.78 is 34.2. The Hall–Kier alpha value is -3.11. The molecule has 0 bridgehead atoms. The van der Waals surface area contributed by atoms with Crippen molar-refractivity contribution in [3.05, 3.63) is 59.2 Å². The molecule has 0 radical (unpaired) electrons. The molecule has 204 valence electrons. The summed E-state index contributed by atoms with van der Waals surface area (Å²) in [5, 5.41) is 2.93. The number of nitrogens with zero attached hydrogens (tertiary/aromatic N) is 3. The molecule has 10 heteroatoms. The standard InChI is InChI=1S/C27H40N4O5S/c1-9-21(4)28-27(33)22(5)30(17-23-11-10-12-24(16-23)36-8)26(32)18-31(37(34,35)29(6)7)25-15-19(2)13-14-20(25)3/h10-16,21-22H,9,17-18H2,1-8H3,(H,28,33)/t21-,22-/m1/s1. The maximum absolute atomic E-state index is 13.8. The van der Waals surface area contributed by atoms with E-state index in [2.05, 4.69) is 5.32 Å². The first-order valence-corrected chi connectivity index (χ1v) is 13.7. The highest BCUT2D eigenvalue weighted by atomic mass is 32.2. The Morgan fingerprint density at radius 3 is 2.32 bits per heavy atom. The van der Waals surface area contributed by atoms with Crippen molar-refractivity contribution in [2.24, 2.45) is 0 Å². The van der Waals surface area contributed by atoms with Gasteiger partial charge in [-0.3, -0.25) is 9.59 Å². The average molecular weight is 533 g/mol. The van der Waals surface area contributed by atoms with Gasteiger partial charge in [0.15, 0.2) is 0 Å². The van der Waals surface area contributed by atoms with Crippen LogP contribution in [0.4, 0.5) is 5.69 Å². The van der Waals surface area contributed by atoms with Crippen LogP contribution in [-0.2, 0) is 26.3 Å². The van der Waals surface area contributed by atoms with E-state index in [1.165, 1.54) is 19.0 Å². The van der Waals surface area contributed by atoms with E-state index in [1.807, 2.05) is 39.0 Å². The largest absolute Gasteiger partial charge is 0.497 e. The van der Waals surface area contributed by atoms with Crippen LogP contribution in [0.5, 0.6) is 5.75 Å². The minimum atomic E-state index is -4.01. The third-order valence-corrected chi connectivity index (χ3v) is 8.11. The van der Waals surface area contributed by atoms with Gasteiger partial charge in [-0.1, -0.05) is 31.2 Å². The van der Waals surface area contributed by atoms with Crippen LogP contribution in [0.3, 0.4) is 0 Å². The first kappa shape index (κ1) is 30.1. The number of nitrogens with one attached hydrogen (secondary N) is 1. The fraction of sp³-hybridized carbons (Fsp3) is 0.481. The highest BCUT2D eigenvalue weighted by Gasteiger charge is 2.33. The van der Waals surface area contributed by atoms with Gasteiger partial charge in [0.2, 0.25) is 11.8 Å². The molecule has 2 rings (SSSR count). The number of hydrogen-bond donors (Lipinski definition) is 1. The molecule has 0 unspecified atom stereocenters. The van der Waals surface area contributed by atoms with E-state index in [0.717, 1.165) is 26.2 Å². The van der Waals surface area contributed by atoms with E-state index in [0.29, 0.717) is 17.0 Å². The van der Waals surface area contributed by atoms with Crippen LogP contribution in [0.2, 0.25) is 0 Å². The van der Waals surface area contributed by atoms with Crippen molar-refractivity contribution in [1.29, 1.82) is 0 Å². The lowest BCUT2D eigenvalue weighted by molar-refractivity contribution is -0.139. The van der Waals surface area contributed by atoms with Gasteiger partial charge in [-0.15, -0.1) is 0 Å². The topological polar surface area (TPSA) is 99.3 Å². The van der Waals surface area contributed by atoms with Crippen molar-refractivity contribution in [3.8, 4) is 5.75 Å². The summed E-state index contributed by atoms with van der Waals surface area (Å²) in [5.74, 6) is -0.186. The number of carbonyl (C=O) groups excluding carboxylic acids is 2. The molecule has 0 saturated heterocycles. The number of amides is 2. The summed E-state index contributed by atoms with van der Waals surface area (Å²) in [5.41, 5.74) is 2.75. The van der Waals surface area contributed by atoms with E-state index < -0.39 is 28.7 Å². The van der Waals surface area contributed by atoms with E-state index in [1.54, 1.807) is 45.2 Å². The zero-order valence-corrected chi connectivity index (χ0v) is 23.9. The average Bonchev–Trinajstić information content (AvgIpc) is 2.86. The molecule has 0 aliphatic carbocycles. The van der Waals surface area contributed by atoms with E-state index in [9.17, 15) is 18.0 Å². The summed E-state index contributed by atoms with van der Waals surface area (Å²) in [4.78, 5) is 28.3. The lowest BCUT2D eigenvalue weighted by Gasteiger charge is -2.33. The molecule has 0 saturated carbocycles. The zero-order valence-electron chi connectivity index (χ0n) is 23.1. The first-order valence-electron chi connectivity index (χ1n) is 12.3. The van der Waals surface area contributed by atoms with Gasteiger partial charge in [0.25, 0.3) is 0 Å². The quantitative estimate of drug-likeness (QED) is 0.452. The van der Waals surface area contributed by atoms with Crippen molar-refractivity contribution < 1.29 is 22.7 Å². The smallest absolute Gasteiger partial charge is 0.304 e. The third kappa shape index (κ3) is 7.69. The first-order chi connectivity index (χ1) is 17.3. The summed E-state index contributed by atoms with van der Waals surface area (Å²) in [7, 11) is 0.390. The lowest BCUT2D eigenvalue weighted by atomic mass is 10.1. The van der Waals surface area contributed by atoms with Crippen LogP contribution in [-0.4, -0.2) is 69.3 Å². The van der Waals surface area contributed by atoms with Crippen molar-refractivity contribution >= 4 is 27.7 Å². The Bertz CT molecular complexity index is 1200. The minimum Gasteiger partial charge on any atom is -0.497 e. The molecule has 0 fully saturated rings. The fourth-order valence-electron chi connectivity index (χ4n) is 3.71. The predicted octanol–water partition coefficient (Wildman–Crippen LogP) is 3.26. The Labute approximate surface area is 221 Å². The van der Waals surface area contributed by atoms with Crippen molar-refractivity contribution in [2.45, 2.75) is 59.7 Å². The van der Waals surface area contributed by atoms with Crippen LogP contribution in [0.15, 0.2) is 42.5 Å². The van der Waals surface area contributed by atoms with Gasteiger partial charge in [0.1, 0.15) is 18.3 Å². The van der Waals surface area contributed by atoms with Crippen molar-refractivity contribution in [1.82, 2.24) is 14.5 Å². The number of anilines is 1. The minimum absolute atomic E-state index is 0.0655. The van der Waals surface area contributed by atoms with Gasteiger partial charge in [-0.2, -0.15) is 12.7 Å². The number of benzene rings is 2. The lowest BCUT2D eigenvalue weighted by Crippen LogP contribution is -2.53. The van der Waals surface area contributed by atoms with Gasteiger partial charge in [0.05, 0.1) is 12.8 Å². The van der Waals surface area contributed by atoms with Gasteiger partial charge >= 0.3 is 10.2 Å². The molecule has 0 aromatic heterocycles. The number of ether oxygens (including phenoxy) is 1. The number of hydrogen-bond acceptors (Lipinski definition) is 5. The Morgan fingerprint density at radius 2 is 1.73 bits per heavy atom. The third-order valence-electron chi connectivity index (χ3n) is 6.31. The SMILES string of the molecule is CC[C@@H](C)NC(=O)[C@@H](C)N(Cc1cccc(OC)c1)C(=O)CN(c1cc(C)ccc1C)S(=O)(=O)N(C)C. The highest BCUT2D eigenvalue weighted by molar-refractivity contribution is 7.90. The second-order valence-electron chi connectivity index (χ2n) is 9.45. The highest BCUT2D eigenvalue weighted by Crippen LogP contribution is 2.26. The fourth-order valence-corrected chi connectivity index (χ4v) is 4.82. The molecule has 0 spiro atoms. The van der Waals surface area contributed by atoms with Gasteiger partial charge in [0, 0.05) is 26.7 Å². The van der Waals surface area contributed by atoms with Crippen LogP contribution in [0, 0.1) is 13.8 Å². The molecular formula is C27H40N4O5S. The van der Waals surface area contributed by atoms with Gasteiger partial charge in [-0.05, 0) is 69.0 Å². The molecular weight excluding hydrogens is 492 g/mol. The van der Waals surface area contributed by atoms with Crippen LogP contribution < -0.4 is 14.4 Å². The summed E-state index contributed by atoms with van der Waals surface area (Å²) in [6.07, 6.45) is 0.740. The predicted molar refractivity (Wildman–Crippen MR) is 147 cm³/mol. The van der Waals surface area contributed by atoms with Crippen LogP contribution >= 0.6 is 0 Å². The molecule has 0 aliphatic heterocycles. The Balaban J connectivity index is 2.52.